The highest BCUT2D eigenvalue weighted by Gasteiger charge is 2.21. The van der Waals surface area contributed by atoms with Crippen molar-refractivity contribution in [2.24, 2.45) is 0 Å². The summed E-state index contributed by atoms with van der Waals surface area (Å²) in [6, 6.07) is 9.73. The number of non-ortho nitro benzene ring substituents is 1. The minimum Gasteiger partial charge on any atom is -0.492 e. The summed E-state index contributed by atoms with van der Waals surface area (Å²) in [5, 5.41) is 10.7. The molecule has 0 aliphatic carbocycles. The Kier molecular flexibility index (Phi) is 3.89. The van der Waals surface area contributed by atoms with Crippen molar-refractivity contribution in [3.05, 3.63) is 75.1 Å². The molecule has 0 fully saturated rings. The highest BCUT2D eigenvalue weighted by atomic mass is 19.1. The number of nitro benzene ring substituents is 1. The monoisotopic (exact) mass is 313 g/mol. The second kappa shape index (κ2) is 6.00. The van der Waals surface area contributed by atoms with E-state index in [4.69, 9.17) is 4.74 Å². The molecule has 0 unspecified atom stereocenters. The van der Waals surface area contributed by atoms with Crippen molar-refractivity contribution in [1.82, 2.24) is 0 Å². The Hall–Kier alpha value is -3.02. The van der Waals surface area contributed by atoms with Gasteiger partial charge in [0.25, 0.3) is 5.69 Å². The predicted molar refractivity (Wildman–Crippen MR) is 81.9 cm³/mol. The zero-order chi connectivity index (χ0) is 16.4. The van der Waals surface area contributed by atoms with Crippen LogP contribution in [0.5, 0.6) is 5.75 Å². The second-order valence-corrected chi connectivity index (χ2v) is 5.09. The summed E-state index contributed by atoms with van der Waals surface area (Å²) in [6.07, 6.45) is 2.03. The van der Waals surface area contributed by atoms with Crippen molar-refractivity contribution in [3.8, 4) is 5.75 Å². The minimum atomic E-state index is -0.503. The summed E-state index contributed by atoms with van der Waals surface area (Å²) in [4.78, 5) is 22.7. The number of carbonyl (C=O) groups excluding carboxylic acids is 1. The lowest BCUT2D eigenvalue weighted by Gasteiger charge is -2.05. The van der Waals surface area contributed by atoms with Gasteiger partial charge in [-0.15, -0.1) is 0 Å². The van der Waals surface area contributed by atoms with Gasteiger partial charge in [0.2, 0.25) is 0 Å². The molecule has 0 saturated carbocycles. The molecule has 2 aromatic rings. The molecule has 1 aliphatic rings. The van der Waals surface area contributed by atoms with Gasteiger partial charge in [-0.3, -0.25) is 14.9 Å². The molecule has 23 heavy (non-hydrogen) atoms. The van der Waals surface area contributed by atoms with Crippen LogP contribution >= 0.6 is 0 Å². The van der Waals surface area contributed by atoms with Gasteiger partial charge >= 0.3 is 0 Å². The number of nitro groups is 1. The van der Waals surface area contributed by atoms with Crippen LogP contribution in [0.3, 0.4) is 0 Å². The van der Waals surface area contributed by atoms with E-state index in [0.717, 1.165) is 6.07 Å². The SMILES string of the molecule is O=C1/C(=C/c2ccc([N+](=O)[O-])cc2)CCOc2ccc(F)cc21. The third kappa shape index (κ3) is 3.11. The van der Waals surface area contributed by atoms with Crippen LogP contribution in [-0.4, -0.2) is 17.3 Å². The summed E-state index contributed by atoms with van der Waals surface area (Å²) in [5.74, 6) is -0.434. The first-order chi connectivity index (χ1) is 11.0. The molecule has 1 heterocycles. The number of ether oxygens (including phenoxy) is 1. The lowest BCUT2D eigenvalue weighted by Crippen LogP contribution is -2.02. The van der Waals surface area contributed by atoms with E-state index in [1.807, 2.05) is 0 Å². The Balaban J connectivity index is 1.96. The zero-order valence-corrected chi connectivity index (χ0v) is 12.0. The van der Waals surface area contributed by atoms with Gasteiger partial charge in [0, 0.05) is 24.1 Å². The van der Waals surface area contributed by atoms with Crippen LogP contribution in [0.1, 0.15) is 22.3 Å². The van der Waals surface area contributed by atoms with Crippen LogP contribution in [0.25, 0.3) is 6.08 Å². The topological polar surface area (TPSA) is 69.4 Å². The van der Waals surface area contributed by atoms with Crippen LogP contribution in [0.15, 0.2) is 48.0 Å². The third-order valence-electron chi connectivity index (χ3n) is 3.55. The van der Waals surface area contributed by atoms with Crippen molar-refractivity contribution < 1.29 is 18.8 Å². The lowest BCUT2D eigenvalue weighted by atomic mass is 9.99. The Labute approximate surface area is 131 Å². The van der Waals surface area contributed by atoms with Crippen LogP contribution in [0.2, 0.25) is 0 Å². The highest BCUT2D eigenvalue weighted by Crippen LogP contribution is 2.28. The number of hydrogen-bond acceptors (Lipinski definition) is 4. The molecule has 1 aliphatic heterocycles. The van der Waals surface area contributed by atoms with Crippen LogP contribution in [0, 0.1) is 15.9 Å². The van der Waals surface area contributed by atoms with Gasteiger partial charge in [-0.2, -0.15) is 0 Å². The summed E-state index contributed by atoms with van der Waals surface area (Å²) in [7, 11) is 0. The van der Waals surface area contributed by atoms with Gasteiger partial charge in [0.05, 0.1) is 17.1 Å². The van der Waals surface area contributed by atoms with Gasteiger partial charge in [0.15, 0.2) is 5.78 Å². The van der Waals surface area contributed by atoms with E-state index >= 15 is 0 Å². The Bertz CT molecular complexity index is 812. The van der Waals surface area contributed by atoms with Crippen LogP contribution < -0.4 is 4.74 Å². The fourth-order valence-electron chi connectivity index (χ4n) is 2.39. The molecule has 0 saturated heterocycles. The lowest BCUT2D eigenvalue weighted by molar-refractivity contribution is -0.384. The smallest absolute Gasteiger partial charge is 0.269 e. The number of nitrogens with zero attached hydrogens (tertiary/aromatic N) is 1. The number of fused-ring (bicyclic) bond motifs is 1. The number of hydrogen-bond donors (Lipinski definition) is 0. The van der Waals surface area contributed by atoms with E-state index in [0.29, 0.717) is 29.9 Å². The minimum absolute atomic E-state index is 0.0184. The number of Topliss-reactive ketones (excluding diaryl/α,β-unsaturated/α-hetero) is 1. The maximum atomic E-state index is 13.4. The molecule has 0 amide bonds. The molecule has 5 nitrogen and oxygen atoms in total. The first-order valence-corrected chi connectivity index (χ1v) is 6.96. The van der Waals surface area contributed by atoms with Crippen LogP contribution in [-0.2, 0) is 0 Å². The maximum absolute atomic E-state index is 13.4. The van der Waals surface area contributed by atoms with Gasteiger partial charge in [0.1, 0.15) is 11.6 Å². The number of benzene rings is 2. The quantitative estimate of drug-likeness (QED) is 0.480. The van der Waals surface area contributed by atoms with Gasteiger partial charge < -0.3 is 4.74 Å². The molecule has 0 aromatic heterocycles. The summed E-state index contributed by atoms with van der Waals surface area (Å²) < 4.78 is 18.9. The van der Waals surface area contributed by atoms with Gasteiger partial charge in [-0.05, 0) is 42.0 Å². The summed E-state index contributed by atoms with van der Waals surface area (Å²) in [6.45, 7) is 0.309. The fraction of sp³-hybridized carbons (Fsp3) is 0.118. The Morgan fingerprint density at radius 1 is 1.17 bits per heavy atom. The molecular formula is C17H12FNO4. The van der Waals surface area contributed by atoms with E-state index in [1.165, 1.54) is 24.3 Å². The fourth-order valence-corrected chi connectivity index (χ4v) is 2.39. The Morgan fingerprint density at radius 2 is 1.91 bits per heavy atom. The van der Waals surface area contributed by atoms with Gasteiger partial charge in [-0.1, -0.05) is 0 Å². The number of halogens is 1. The molecule has 0 atom stereocenters. The largest absolute Gasteiger partial charge is 0.492 e. The third-order valence-corrected chi connectivity index (χ3v) is 3.55. The van der Waals surface area contributed by atoms with Crippen molar-refractivity contribution in [2.75, 3.05) is 6.61 Å². The van der Waals surface area contributed by atoms with E-state index < -0.39 is 10.7 Å². The molecular weight excluding hydrogens is 301 g/mol. The van der Waals surface area contributed by atoms with Crippen molar-refractivity contribution in [3.63, 3.8) is 0 Å². The molecule has 0 radical (unpaired) electrons. The summed E-state index contributed by atoms with van der Waals surface area (Å²) >= 11 is 0. The zero-order valence-electron chi connectivity index (χ0n) is 12.0. The molecule has 3 rings (SSSR count). The van der Waals surface area contributed by atoms with E-state index in [-0.39, 0.29) is 17.0 Å². The Morgan fingerprint density at radius 3 is 2.61 bits per heavy atom. The van der Waals surface area contributed by atoms with E-state index in [1.54, 1.807) is 18.2 Å². The first kappa shape index (κ1) is 14.9. The van der Waals surface area contributed by atoms with Gasteiger partial charge in [-0.25, -0.2) is 4.39 Å². The number of rotatable bonds is 2. The van der Waals surface area contributed by atoms with E-state index in [2.05, 4.69) is 0 Å². The number of carbonyl (C=O) groups is 1. The predicted octanol–water partition coefficient (Wildman–Crippen LogP) is 3.78. The average molecular weight is 313 g/mol. The van der Waals surface area contributed by atoms with Crippen molar-refractivity contribution >= 4 is 17.5 Å². The van der Waals surface area contributed by atoms with Crippen molar-refractivity contribution in [1.29, 1.82) is 0 Å². The molecule has 0 bridgehead atoms. The molecule has 2 aromatic carbocycles. The maximum Gasteiger partial charge on any atom is 0.269 e. The molecule has 0 N–H and O–H groups in total. The average Bonchev–Trinajstić information content (AvgIpc) is 2.68. The first-order valence-electron chi connectivity index (χ1n) is 6.96. The number of ketones is 1. The normalized spacial score (nSPS) is 15.7. The van der Waals surface area contributed by atoms with E-state index in [9.17, 15) is 19.3 Å². The molecule has 0 spiro atoms. The molecule has 6 heteroatoms. The summed E-state index contributed by atoms with van der Waals surface area (Å²) in [5.41, 5.74) is 1.31. The second-order valence-electron chi connectivity index (χ2n) is 5.09. The van der Waals surface area contributed by atoms with Crippen LogP contribution in [0.4, 0.5) is 10.1 Å². The molecule has 116 valence electrons. The highest BCUT2D eigenvalue weighted by molar-refractivity contribution is 6.13. The van der Waals surface area contributed by atoms with Crippen molar-refractivity contribution in [2.45, 2.75) is 6.42 Å². The standard InChI is InChI=1S/C17H12FNO4/c18-13-3-6-16-15(10-13)17(20)12(7-8-23-16)9-11-1-4-14(5-2-11)19(21)22/h1-6,9-10H,7-8H2/b12-9+.